The van der Waals surface area contributed by atoms with Gasteiger partial charge in [0, 0.05) is 6.57 Å². The normalized spacial score (nSPS) is 10.6. The van der Waals surface area contributed by atoms with Crippen molar-refractivity contribution in [1.82, 2.24) is 0 Å². The molecule has 0 saturated carbocycles. The molecule has 1 aromatic carbocycles. The zero-order valence-electron chi connectivity index (χ0n) is 12.7. The van der Waals surface area contributed by atoms with Gasteiger partial charge in [-0.2, -0.15) is 0 Å². The van der Waals surface area contributed by atoms with E-state index in [1.807, 2.05) is 32.9 Å². The summed E-state index contributed by atoms with van der Waals surface area (Å²) in [5.41, 5.74) is 2.99. The lowest BCUT2D eigenvalue weighted by molar-refractivity contribution is 0.167. The van der Waals surface area contributed by atoms with Crippen LogP contribution in [0, 0.1) is 32.6 Å². The fourth-order valence-corrected chi connectivity index (χ4v) is 3.15. The molecule has 1 aromatic rings. The highest BCUT2D eigenvalue weighted by atomic mass is 31.2. The van der Waals surface area contributed by atoms with Gasteiger partial charge in [-0.15, -0.1) is 0 Å². The van der Waals surface area contributed by atoms with Crippen molar-refractivity contribution in [2.75, 3.05) is 13.2 Å². The fraction of sp³-hybridized carbons (Fsp3) is 0.500. The van der Waals surface area contributed by atoms with E-state index in [1.165, 1.54) is 0 Å². The van der Waals surface area contributed by atoms with E-state index in [9.17, 15) is 4.57 Å². The minimum absolute atomic E-state index is 0.279. The molecule has 5 nitrogen and oxygen atoms in total. The third kappa shape index (κ3) is 5.34. The second-order valence-electron chi connectivity index (χ2n) is 4.10. The summed E-state index contributed by atoms with van der Waals surface area (Å²) in [7, 11) is -3.51. The summed E-state index contributed by atoms with van der Waals surface area (Å²) >= 11 is 0. The fourth-order valence-electron chi connectivity index (χ4n) is 1.83. The first-order chi connectivity index (χ1) is 9.41. The Bertz CT molecular complexity index is 466. The van der Waals surface area contributed by atoms with E-state index < -0.39 is 7.82 Å². The molecule has 0 aliphatic heterocycles. The molecule has 0 aliphatic carbocycles. The molecule has 6 heteroatoms. The molecule has 0 spiro atoms. The lowest BCUT2D eigenvalue weighted by atomic mass is 10.1. The zero-order valence-corrected chi connectivity index (χ0v) is 13.6. The molecule has 20 heavy (non-hydrogen) atoms. The molecule has 0 unspecified atom stereocenters. The Morgan fingerprint density at radius 2 is 1.45 bits per heavy atom. The van der Waals surface area contributed by atoms with Crippen LogP contribution in [0.2, 0.25) is 0 Å². The first-order valence-corrected chi connectivity index (χ1v) is 7.80. The van der Waals surface area contributed by atoms with Gasteiger partial charge in [0.1, 0.15) is 5.75 Å². The van der Waals surface area contributed by atoms with Crippen molar-refractivity contribution in [3.05, 3.63) is 28.8 Å². The molecule has 0 bridgehead atoms. The minimum Gasteiger partial charge on any atom is -0.403 e. The van der Waals surface area contributed by atoms with Gasteiger partial charge in [-0.3, -0.25) is 9.05 Å². The van der Waals surface area contributed by atoms with Crippen LogP contribution in [0.5, 0.6) is 5.75 Å². The van der Waals surface area contributed by atoms with Crippen LogP contribution >= 0.6 is 7.82 Å². The van der Waals surface area contributed by atoms with Crippen molar-refractivity contribution >= 4 is 7.82 Å². The number of phosphoric ester groups is 1. The second kappa shape index (κ2) is 8.76. The highest BCUT2D eigenvalue weighted by Crippen LogP contribution is 2.50. The Morgan fingerprint density at radius 3 is 1.80 bits per heavy atom. The summed E-state index contributed by atoms with van der Waals surface area (Å²) in [5, 5.41) is 6.50. The standard InChI is InChI=1S/C13H21O4P.CHN/c1-6-15-18(14,16-7-2)17-13-11(4)8-10(3)9-12(13)5;1-2/h8-9H,6-7H2,1-5H3;1H. The van der Waals surface area contributed by atoms with E-state index in [0.717, 1.165) is 16.7 Å². The third-order valence-corrected chi connectivity index (χ3v) is 3.94. The van der Waals surface area contributed by atoms with Crippen molar-refractivity contribution in [3.63, 3.8) is 0 Å². The van der Waals surface area contributed by atoms with Gasteiger partial charge in [0.05, 0.1) is 13.2 Å². The van der Waals surface area contributed by atoms with Crippen LogP contribution in [0.4, 0.5) is 0 Å². The lowest BCUT2D eigenvalue weighted by Gasteiger charge is -2.20. The number of nitrogens with zero attached hydrogens (tertiary/aromatic N) is 1. The predicted octanol–water partition coefficient (Wildman–Crippen LogP) is 4.31. The van der Waals surface area contributed by atoms with Crippen molar-refractivity contribution in [1.29, 1.82) is 5.26 Å². The summed E-state index contributed by atoms with van der Waals surface area (Å²) in [6.07, 6.45) is 0. The van der Waals surface area contributed by atoms with Crippen LogP contribution in [0.15, 0.2) is 12.1 Å². The first-order valence-electron chi connectivity index (χ1n) is 6.34. The van der Waals surface area contributed by atoms with Gasteiger partial charge < -0.3 is 4.52 Å². The topological polar surface area (TPSA) is 68.5 Å². The second-order valence-corrected chi connectivity index (χ2v) is 5.70. The van der Waals surface area contributed by atoms with Gasteiger partial charge in [-0.1, -0.05) is 17.7 Å². The van der Waals surface area contributed by atoms with Gasteiger partial charge >= 0.3 is 7.82 Å². The number of phosphoric acid groups is 1. The minimum atomic E-state index is -3.51. The van der Waals surface area contributed by atoms with Crippen LogP contribution < -0.4 is 4.52 Å². The maximum atomic E-state index is 12.3. The molecule has 0 radical (unpaired) electrons. The summed E-state index contributed by atoms with van der Waals surface area (Å²) in [5.74, 6) is 0.575. The first kappa shape index (κ1) is 18.7. The Balaban J connectivity index is 0.00000172. The maximum absolute atomic E-state index is 12.3. The van der Waals surface area contributed by atoms with Crippen molar-refractivity contribution < 1.29 is 18.1 Å². The van der Waals surface area contributed by atoms with Gasteiger partial charge in [0.25, 0.3) is 0 Å². The molecule has 0 amide bonds. The van der Waals surface area contributed by atoms with Gasteiger partial charge in [0.2, 0.25) is 0 Å². The van der Waals surface area contributed by atoms with Crippen LogP contribution in [-0.4, -0.2) is 13.2 Å². The van der Waals surface area contributed by atoms with Gasteiger partial charge in [-0.25, -0.2) is 9.83 Å². The molecule has 0 atom stereocenters. The highest BCUT2D eigenvalue weighted by Gasteiger charge is 2.28. The predicted molar refractivity (Wildman–Crippen MR) is 78.8 cm³/mol. The lowest BCUT2D eigenvalue weighted by Crippen LogP contribution is -2.04. The molecule has 1 rings (SSSR count). The Kier molecular flexibility index (Phi) is 8.17. The van der Waals surface area contributed by atoms with Crippen LogP contribution in [-0.2, 0) is 13.6 Å². The van der Waals surface area contributed by atoms with E-state index in [2.05, 4.69) is 6.57 Å². The molecular weight excluding hydrogens is 277 g/mol. The van der Waals surface area contributed by atoms with E-state index in [1.54, 1.807) is 13.8 Å². The molecule has 0 heterocycles. The van der Waals surface area contributed by atoms with E-state index in [0.29, 0.717) is 5.75 Å². The Hall–Kier alpha value is -1.34. The molecule has 0 N–H and O–H groups in total. The maximum Gasteiger partial charge on any atom is 0.530 e. The monoisotopic (exact) mass is 299 g/mol. The number of benzene rings is 1. The SMILES string of the molecule is C#N.CCOP(=O)(OCC)Oc1c(C)cc(C)cc1C. The molecule has 0 aromatic heterocycles. The number of hydrogen-bond donors (Lipinski definition) is 0. The van der Waals surface area contributed by atoms with E-state index in [4.69, 9.17) is 18.8 Å². The summed E-state index contributed by atoms with van der Waals surface area (Å²) in [6.45, 7) is 13.4. The van der Waals surface area contributed by atoms with Crippen molar-refractivity contribution in [2.45, 2.75) is 34.6 Å². The van der Waals surface area contributed by atoms with Crippen molar-refractivity contribution in [2.24, 2.45) is 0 Å². The van der Waals surface area contributed by atoms with Crippen LogP contribution in [0.1, 0.15) is 30.5 Å². The van der Waals surface area contributed by atoms with E-state index >= 15 is 0 Å². The largest absolute Gasteiger partial charge is 0.530 e. The van der Waals surface area contributed by atoms with Crippen LogP contribution in [0.3, 0.4) is 0 Å². The number of hydrogen-bond acceptors (Lipinski definition) is 5. The third-order valence-electron chi connectivity index (χ3n) is 2.38. The molecule has 0 fully saturated rings. The highest BCUT2D eigenvalue weighted by molar-refractivity contribution is 7.48. The van der Waals surface area contributed by atoms with Crippen LogP contribution in [0.25, 0.3) is 0 Å². The Morgan fingerprint density at radius 1 is 1.05 bits per heavy atom. The van der Waals surface area contributed by atoms with Gasteiger partial charge in [-0.05, 0) is 45.7 Å². The number of rotatable bonds is 6. The smallest absolute Gasteiger partial charge is 0.403 e. The average Bonchev–Trinajstić information content (AvgIpc) is 2.37. The molecular formula is C14H22NO4P. The van der Waals surface area contributed by atoms with Gasteiger partial charge in [0.15, 0.2) is 0 Å². The molecule has 0 aliphatic rings. The number of nitriles is 1. The van der Waals surface area contributed by atoms with E-state index in [-0.39, 0.29) is 13.2 Å². The average molecular weight is 299 g/mol. The quantitative estimate of drug-likeness (QED) is 0.732. The number of aryl methyl sites for hydroxylation is 3. The zero-order chi connectivity index (χ0) is 15.8. The molecule has 112 valence electrons. The summed E-state index contributed by atoms with van der Waals surface area (Å²) in [6, 6.07) is 3.95. The summed E-state index contributed by atoms with van der Waals surface area (Å²) < 4.78 is 28.1. The summed E-state index contributed by atoms with van der Waals surface area (Å²) in [4.78, 5) is 0. The molecule has 0 saturated heterocycles. The Labute approximate surface area is 121 Å². The van der Waals surface area contributed by atoms with Crippen molar-refractivity contribution in [3.8, 4) is 12.3 Å².